The van der Waals surface area contributed by atoms with Crippen molar-refractivity contribution in [2.24, 2.45) is 11.3 Å². The number of ether oxygens (including phenoxy) is 1. The van der Waals surface area contributed by atoms with Crippen LogP contribution in [-0.4, -0.2) is 41.9 Å². The number of nitrogens with zero attached hydrogens (tertiary/aromatic N) is 1. The van der Waals surface area contributed by atoms with Crippen LogP contribution in [0.2, 0.25) is 0 Å². The molecule has 1 aromatic carbocycles. The Balaban J connectivity index is 1.77. The third kappa shape index (κ3) is 4.78. The average molecular weight is 383 g/mol. The highest BCUT2D eigenvalue weighted by atomic mass is 16.5. The minimum atomic E-state index is -0.487. The molecule has 1 aromatic heterocycles. The Labute approximate surface area is 167 Å². The number of pyridine rings is 1. The molecule has 0 radical (unpaired) electrons. The maximum absolute atomic E-state index is 13.2. The second kappa shape index (κ2) is 9.30. The molecule has 0 aliphatic carbocycles. The van der Waals surface area contributed by atoms with Gasteiger partial charge in [-0.15, -0.1) is 0 Å². The molecule has 1 unspecified atom stereocenters. The first-order valence-electron chi connectivity index (χ1n) is 10.0. The second-order valence-corrected chi connectivity index (χ2v) is 8.01. The van der Waals surface area contributed by atoms with Crippen LogP contribution in [0.3, 0.4) is 0 Å². The van der Waals surface area contributed by atoms with E-state index >= 15 is 0 Å². The van der Waals surface area contributed by atoms with E-state index in [-0.39, 0.29) is 24.5 Å². The first-order valence-corrected chi connectivity index (χ1v) is 10.0. The molecular weight excluding hydrogens is 352 g/mol. The van der Waals surface area contributed by atoms with Gasteiger partial charge in [0.1, 0.15) is 0 Å². The summed E-state index contributed by atoms with van der Waals surface area (Å²) in [4.78, 5) is 17.3. The van der Waals surface area contributed by atoms with Crippen molar-refractivity contribution >= 4 is 5.91 Å². The van der Waals surface area contributed by atoms with Gasteiger partial charge in [-0.3, -0.25) is 9.78 Å². The van der Waals surface area contributed by atoms with E-state index in [4.69, 9.17) is 4.74 Å². The lowest BCUT2D eigenvalue weighted by molar-refractivity contribution is -0.138. The van der Waals surface area contributed by atoms with Crippen molar-refractivity contribution in [3.8, 4) is 11.1 Å². The van der Waals surface area contributed by atoms with Gasteiger partial charge >= 0.3 is 0 Å². The quantitative estimate of drug-likeness (QED) is 0.771. The Morgan fingerprint density at radius 2 is 1.71 bits per heavy atom. The Bertz CT molecular complexity index is 753. The number of rotatable bonds is 7. The first kappa shape index (κ1) is 20.5. The highest BCUT2D eigenvalue weighted by Crippen LogP contribution is 2.35. The fourth-order valence-corrected chi connectivity index (χ4v) is 3.74. The molecule has 1 fully saturated rings. The van der Waals surface area contributed by atoms with Gasteiger partial charge in [0, 0.05) is 25.6 Å². The molecule has 1 aliphatic heterocycles. The predicted octanol–water partition coefficient (Wildman–Crippen LogP) is 3.22. The van der Waals surface area contributed by atoms with Gasteiger partial charge in [0.2, 0.25) is 5.91 Å². The molecule has 1 saturated heterocycles. The van der Waals surface area contributed by atoms with E-state index in [0.717, 1.165) is 16.7 Å². The van der Waals surface area contributed by atoms with Gasteiger partial charge in [-0.25, -0.2) is 0 Å². The number of amides is 1. The van der Waals surface area contributed by atoms with Crippen LogP contribution in [0.5, 0.6) is 0 Å². The zero-order chi connectivity index (χ0) is 20.0. The molecule has 0 bridgehead atoms. The summed E-state index contributed by atoms with van der Waals surface area (Å²) in [5, 5.41) is 12.7. The highest BCUT2D eigenvalue weighted by molar-refractivity contribution is 5.83. The molecule has 5 nitrogen and oxygen atoms in total. The number of carbonyl (C=O) groups excluding carboxylic acids is 1. The molecule has 2 N–H and O–H groups in total. The number of carbonyl (C=O) groups is 1. The molecule has 3 rings (SSSR count). The number of hydrogen-bond acceptors (Lipinski definition) is 4. The number of aliphatic hydroxyl groups excluding tert-OH is 1. The molecule has 1 atom stereocenters. The molecule has 1 aliphatic rings. The minimum Gasteiger partial charge on any atom is -0.394 e. The zero-order valence-corrected chi connectivity index (χ0v) is 16.7. The van der Waals surface area contributed by atoms with Crippen LogP contribution in [-0.2, 0) is 16.0 Å². The summed E-state index contributed by atoms with van der Waals surface area (Å²) in [7, 11) is 0. The van der Waals surface area contributed by atoms with Gasteiger partial charge in [-0.05, 0) is 54.0 Å². The van der Waals surface area contributed by atoms with Gasteiger partial charge in [-0.1, -0.05) is 38.1 Å². The number of nitrogens with one attached hydrogen (secondary N) is 1. The fraction of sp³-hybridized carbons (Fsp3) is 0.478. The third-order valence-corrected chi connectivity index (χ3v) is 5.76. The Hall–Kier alpha value is -2.24. The van der Waals surface area contributed by atoms with Gasteiger partial charge < -0.3 is 15.2 Å². The van der Waals surface area contributed by atoms with Crippen molar-refractivity contribution in [3.05, 3.63) is 54.4 Å². The second-order valence-electron chi connectivity index (χ2n) is 8.01. The number of hydrogen-bond donors (Lipinski definition) is 2. The van der Waals surface area contributed by atoms with Gasteiger partial charge in [-0.2, -0.15) is 0 Å². The summed E-state index contributed by atoms with van der Waals surface area (Å²) >= 11 is 0. The lowest BCUT2D eigenvalue weighted by atomic mass is 9.74. The van der Waals surface area contributed by atoms with Gasteiger partial charge in [0.25, 0.3) is 0 Å². The molecule has 0 spiro atoms. The first-order chi connectivity index (χ1) is 13.5. The van der Waals surface area contributed by atoms with E-state index in [1.54, 1.807) is 12.4 Å². The maximum Gasteiger partial charge on any atom is 0.227 e. The predicted molar refractivity (Wildman–Crippen MR) is 110 cm³/mol. The number of aromatic nitrogens is 1. The van der Waals surface area contributed by atoms with E-state index < -0.39 is 5.41 Å². The average Bonchev–Trinajstić information content (AvgIpc) is 2.73. The standard InChI is InChI=1S/C23H30N2O3/c1-17(2)21(16-26)25-22(27)23(9-13-28-14-10-23)15-18-3-5-19(6-4-18)20-7-11-24-12-8-20/h3-8,11-12,17,21,26H,9-10,13-16H2,1-2H3,(H,25,27). The molecular formula is C23H30N2O3. The summed E-state index contributed by atoms with van der Waals surface area (Å²) in [5.41, 5.74) is 2.91. The summed E-state index contributed by atoms with van der Waals surface area (Å²) < 4.78 is 5.53. The molecule has 150 valence electrons. The van der Waals surface area contributed by atoms with Crippen LogP contribution in [0, 0.1) is 11.3 Å². The third-order valence-electron chi connectivity index (χ3n) is 5.76. The molecule has 2 heterocycles. The molecule has 0 saturated carbocycles. The zero-order valence-electron chi connectivity index (χ0n) is 16.7. The fourth-order valence-electron chi connectivity index (χ4n) is 3.74. The van der Waals surface area contributed by atoms with Crippen molar-refractivity contribution in [2.75, 3.05) is 19.8 Å². The minimum absolute atomic E-state index is 0.0294. The topological polar surface area (TPSA) is 71.5 Å². The largest absolute Gasteiger partial charge is 0.394 e. The van der Waals surface area contributed by atoms with Crippen molar-refractivity contribution in [2.45, 2.75) is 39.2 Å². The van der Waals surface area contributed by atoms with Gasteiger partial charge in [0.05, 0.1) is 18.1 Å². The molecule has 2 aromatic rings. The number of benzene rings is 1. The molecule has 28 heavy (non-hydrogen) atoms. The van der Waals surface area contributed by atoms with Gasteiger partial charge in [0.15, 0.2) is 0 Å². The van der Waals surface area contributed by atoms with E-state index in [2.05, 4.69) is 34.6 Å². The monoisotopic (exact) mass is 382 g/mol. The Morgan fingerprint density at radius 3 is 2.29 bits per heavy atom. The van der Waals surface area contributed by atoms with Crippen molar-refractivity contribution in [1.29, 1.82) is 0 Å². The van der Waals surface area contributed by atoms with Crippen molar-refractivity contribution in [3.63, 3.8) is 0 Å². The summed E-state index contributed by atoms with van der Waals surface area (Å²) in [6.07, 6.45) is 5.64. The molecule has 1 amide bonds. The van der Waals surface area contributed by atoms with E-state index in [0.29, 0.717) is 32.5 Å². The normalized spacial score (nSPS) is 17.3. The molecule has 5 heteroatoms. The summed E-state index contributed by atoms with van der Waals surface area (Å²) in [6.45, 7) is 5.16. The highest BCUT2D eigenvalue weighted by Gasteiger charge is 2.41. The van der Waals surface area contributed by atoms with Crippen molar-refractivity contribution < 1.29 is 14.6 Å². The number of aliphatic hydroxyl groups is 1. The Kier molecular flexibility index (Phi) is 6.81. The van der Waals surface area contributed by atoms with Crippen LogP contribution < -0.4 is 5.32 Å². The van der Waals surface area contributed by atoms with Crippen LogP contribution in [0.1, 0.15) is 32.3 Å². The Morgan fingerprint density at radius 1 is 1.11 bits per heavy atom. The van der Waals surface area contributed by atoms with Crippen molar-refractivity contribution in [1.82, 2.24) is 10.3 Å². The van der Waals surface area contributed by atoms with Crippen LogP contribution in [0.25, 0.3) is 11.1 Å². The lowest BCUT2D eigenvalue weighted by Crippen LogP contribution is -2.51. The van der Waals surface area contributed by atoms with Crippen LogP contribution >= 0.6 is 0 Å². The summed E-state index contributed by atoms with van der Waals surface area (Å²) in [6, 6.07) is 12.2. The van der Waals surface area contributed by atoms with Crippen LogP contribution in [0.15, 0.2) is 48.8 Å². The lowest BCUT2D eigenvalue weighted by Gasteiger charge is -2.37. The smallest absolute Gasteiger partial charge is 0.227 e. The maximum atomic E-state index is 13.2. The van der Waals surface area contributed by atoms with E-state index in [1.165, 1.54) is 0 Å². The van der Waals surface area contributed by atoms with E-state index in [9.17, 15) is 9.90 Å². The van der Waals surface area contributed by atoms with Crippen LogP contribution in [0.4, 0.5) is 0 Å². The SMILES string of the molecule is CC(C)C(CO)NC(=O)C1(Cc2ccc(-c3ccncc3)cc2)CCOCC1. The van der Waals surface area contributed by atoms with E-state index in [1.807, 2.05) is 26.0 Å². The summed E-state index contributed by atoms with van der Waals surface area (Å²) in [5.74, 6) is 0.215.